The van der Waals surface area contributed by atoms with E-state index in [1.165, 1.54) is 10.00 Å². The predicted octanol–water partition coefficient (Wildman–Crippen LogP) is 0.876. The molecule has 2 N–H and O–H groups in total. The molecule has 0 radical (unpaired) electrons. The van der Waals surface area contributed by atoms with Gasteiger partial charge in [0.05, 0.1) is 0 Å². The third kappa shape index (κ3) is 5.11. The van der Waals surface area contributed by atoms with Gasteiger partial charge in [0, 0.05) is 0 Å². The van der Waals surface area contributed by atoms with Crippen molar-refractivity contribution in [3.63, 3.8) is 0 Å². The van der Waals surface area contributed by atoms with E-state index in [0.29, 0.717) is 0 Å². The summed E-state index contributed by atoms with van der Waals surface area (Å²) in [5.74, 6) is -0.173. The first kappa shape index (κ1) is 12.7. The van der Waals surface area contributed by atoms with Gasteiger partial charge in [-0.15, -0.1) is 12.4 Å². The van der Waals surface area contributed by atoms with Crippen LogP contribution in [-0.2, 0) is 32.5 Å². The smallest absolute Gasteiger partial charge is 0.147 e. The van der Waals surface area contributed by atoms with Gasteiger partial charge < -0.3 is 0 Å². The number of anilines is 1. The molecule has 0 bridgehead atoms. The summed E-state index contributed by atoms with van der Waals surface area (Å²) in [7, 11) is 0. The van der Waals surface area contributed by atoms with E-state index in [9.17, 15) is 4.79 Å². The summed E-state index contributed by atoms with van der Waals surface area (Å²) in [6.45, 7) is 1.44. The average molecular weight is 388 g/mol. The summed E-state index contributed by atoms with van der Waals surface area (Å²) in [4.78, 5) is 10.5. The van der Waals surface area contributed by atoms with Crippen molar-refractivity contribution in [3.05, 3.63) is 24.3 Å². The Hall–Kier alpha value is -0.285. The molecule has 3 nitrogen and oxygen atoms in total. The Morgan fingerprint density at radius 2 is 1.92 bits per heavy atom. The molecule has 0 spiro atoms. The largest absolute Gasteiger partial charge is 0.147 e. The molecule has 0 aliphatic carbocycles. The van der Waals surface area contributed by atoms with Crippen LogP contribution in [0.25, 0.3) is 0 Å². The fourth-order valence-electron chi connectivity index (χ4n) is 0.799. The minimum atomic E-state index is -1.60. The molecule has 0 unspecified atom stereocenters. The first-order valence-corrected chi connectivity index (χ1v) is 8.65. The Morgan fingerprint density at radius 1 is 1.38 bits per heavy atom. The molecule has 0 saturated carbocycles. The molecule has 0 heterocycles. The van der Waals surface area contributed by atoms with Gasteiger partial charge in [-0.3, -0.25) is 0 Å². The van der Waals surface area contributed by atoms with Crippen LogP contribution in [0.5, 0.6) is 0 Å². The zero-order valence-corrected chi connectivity index (χ0v) is 13.6. The van der Waals surface area contributed by atoms with E-state index in [4.69, 9.17) is 8.38 Å². The summed E-state index contributed by atoms with van der Waals surface area (Å²) in [5.41, 5.74) is 6.24. The number of halogens is 1. The average Bonchev–Trinajstić information content (AvgIpc) is 2.03. The van der Waals surface area contributed by atoms with E-state index in [0.717, 1.165) is 5.69 Å². The minimum absolute atomic E-state index is 0. The number of rotatable bonds is 2. The van der Waals surface area contributed by atoms with E-state index >= 15 is 0 Å². The second-order valence-electron chi connectivity index (χ2n) is 2.52. The predicted molar refractivity (Wildman–Crippen MR) is 49.5 cm³/mol. The number of nitrogens with two attached hydrogens (primary N) is 1. The fraction of sp³-hybridized carbons (Fsp3) is 0.125. The van der Waals surface area contributed by atoms with Crippen molar-refractivity contribution in [1.82, 2.24) is 0 Å². The molecule has 68 valence electrons. The number of carbonyl (C=O) groups is 1. The topological polar surface area (TPSA) is 52.3 Å². The van der Waals surface area contributed by atoms with Crippen LogP contribution in [0.3, 0.4) is 0 Å². The minimum Gasteiger partial charge on any atom is -0.147 e. The van der Waals surface area contributed by atoms with Crippen LogP contribution >= 0.6 is 12.4 Å². The number of benzene rings is 1. The van der Waals surface area contributed by atoms with Gasteiger partial charge in [-0.2, -0.15) is 0 Å². The van der Waals surface area contributed by atoms with Crippen molar-refractivity contribution in [2.45, 2.75) is 6.92 Å². The summed E-state index contributed by atoms with van der Waals surface area (Å²) in [6, 6.07) is 7.53. The molecule has 0 atom stereocenters. The Labute approximate surface area is 96.2 Å². The van der Waals surface area contributed by atoms with Gasteiger partial charge in [-0.1, -0.05) is 0 Å². The number of carbonyl (C=O) groups excluding carboxylic acids is 1. The molecular weight excluding hydrogens is 378 g/mol. The van der Waals surface area contributed by atoms with Gasteiger partial charge in [-0.05, 0) is 0 Å². The molecule has 1 rings (SSSR count). The van der Waals surface area contributed by atoms with Crippen LogP contribution in [0.4, 0.5) is 5.69 Å². The van der Waals surface area contributed by atoms with Crippen molar-refractivity contribution in [1.29, 1.82) is 0 Å². The van der Waals surface area contributed by atoms with E-state index in [-0.39, 0.29) is 18.4 Å². The normalized spacial score (nSPS) is 8.08. The molecule has 0 aliphatic rings. The maximum Gasteiger partial charge on any atom is -0.147 e. The van der Waals surface area contributed by atoms with Crippen molar-refractivity contribution in [3.8, 4) is 0 Å². The van der Waals surface area contributed by atoms with Crippen LogP contribution in [0.1, 0.15) is 6.92 Å². The maximum atomic E-state index is 10.5. The second kappa shape index (κ2) is 6.21. The quantitative estimate of drug-likeness (QED) is 0.605. The molecule has 1 aromatic rings. The van der Waals surface area contributed by atoms with Gasteiger partial charge in [0.15, 0.2) is 0 Å². The van der Waals surface area contributed by atoms with E-state index in [1.807, 2.05) is 24.3 Å². The zero-order chi connectivity index (χ0) is 8.97. The van der Waals surface area contributed by atoms with Gasteiger partial charge in [0.1, 0.15) is 0 Å². The Morgan fingerprint density at radius 3 is 2.38 bits per heavy atom. The molecule has 5 heteroatoms. The summed E-state index contributed by atoms with van der Waals surface area (Å²) < 4.78 is 6.18. The third-order valence-corrected chi connectivity index (χ3v) is 6.69. The first-order chi connectivity index (χ1) is 5.68. The zero-order valence-electron chi connectivity index (χ0n) is 7.32. The standard InChI is InChI=1S/C6H6N.C2H4O2.ClH.Hg/c7-6-4-2-1-3-5-6;1-2(3)4;;/h2-5H,7H2;1H3,(H,3,4);1H;/q;;;+1/p-1. The van der Waals surface area contributed by atoms with Crippen molar-refractivity contribution in [2.24, 2.45) is 0 Å². The van der Waals surface area contributed by atoms with Gasteiger partial charge in [-0.25, -0.2) is 0 Å². The Kier molecular flexibility index (Phi) is 6.08. The summed E-state index contributed by atoms with van der Waals surface area (Å²) in [5, 5.41) is 0. The Balaban J connectivity index is 0.00000144. The second-order valence-corrected chi connectivity index (χ2v) is 7.94. The molecule has 13 heavy (non-hydrogen) atoms. The first-order valence-electron chi connectivity index (χ1n) is 3.66. The van der Waals surface area contributed by atoms with Crippen LogP contribution in [-0.4, -0.2) is 5.97 Å². The van der Waals surface area contributed by atoms with Gasteiger partial charge in [0.2, 0.25) is 0 Å². The van der Waals surface area contributed by atoms with E-state index in [2.05, 4.69) is 0 Å². The van der Waals surface area contributed by atoms with Crippen LogP contribution in [0.15, 0.2) is 24.3 Å². The fourth-order valence-corrected chi connectivity index (χ4v) is 3.90. The van der Waals surface area contributed by atoms with E-state index < -0.39 is 25.0 Å². The SMILES string of the molecule is CC(=O)[O][Hg][c]1ccc(N)cc1.Cl. The van der Waals surface area contributed by atoms with Crippen molar-refractivity contribution in [2.75, 3.05) is 5.73 Å². The van der Waals surface area contributed by atoms with Crippen molar-refractivity contribution < 1.29 is 32.5 Å². The molecule has 0 aliphatic heterocycles. The maximum absolute atomic E-state index is 10.5. The summed E-state index contributed by atoms with van der Waals surface area (Å²) in [6.07, 6.45) is 0. The molecule has 0 saturated heterocycles. The molecule has 0 amide bonds. The number of hydrogen-bond acceptors (Lipinski definition) is 3. The number of nitrogen functional groups attached to an aromatic ring is 1. The van der Waals surface area contributed by atoms with Crippen LogP contribution in [0, 0.1) is 0 Å². The third-order valence-electron chi connectivity index (χ3n) is 1.42. The van der Waals surface area contributed by atoms with Gasteiger partial charge >= 0.3 is 84.1 Å². The molecular formula is C8H10ClHgNO2. The van der Waals surface area contributed by atoms with Crippen LogP contribution < -0.4 is 8.81 Å². The van der Waals surface area contributed by atoms with Gasteiger partial charge in [0.25, 0.3) is 0 Å². The molecule has 0 aromatic heterocycles. The molecule has 0 fully saturated rings. The number of hydrogen-bond donors (Lipinski definition) is 1. The Bertz CT molecular complexity index is 276. The van der Waals surface area contributed by atoms with E-state index in [1.54, 1.807) is 0 Å². The summed E-state index contributed by atoms with van der Waals surface area (Å²) >= 11 is -1.60. The molecule has 1 aromatic carbocycles. The monoisotopic (exact) mass is 389 g/mol. The van der Waals surface area contributed by atoms with Crippen molar-refractivity contribution >= 4 is 27.1 Å². The van der Waals surface area contributed by atoms with Crippen LogP contribution in [0.2, 0.25) is 0 Å².